The lowest BCUT2D eigenvalue weighted by Crippen LogP contribution is -2.43. The molecule has 1 fully saturated rings. The second-order valence-electron chi connectivity index (χ2n) is 5.87. The summed E-state index contributed by atoms with van der Waals surface area (Å²) in [5.41, 5.74) is 1.69. The number of amides is 3. The second-order valence-corrected chi connectivity index (χ2v) is 6.31. The molecule has 2 aromatic carbocycles. The molecule has 0 spiro atoms. The number of nitrogens with zero attached hydrogens (tertiary/aromatic N) is 1. The molecule has 0 aromatic heterocycles. The van der Waals surface area contributed by atoms with Gasteiger partial charge in [0, 0.05) is 22.9 Å². The zero-order valence-corrected chi connectivity index (χ0v) is 14.3. The molecular formula is C18H17ClFN3O2. The van der Waals surface area contributed by atoms with Gasteiger partial charge < -0.3 is 15.5 Å². The Kier molecular flexibility index (Phi) is 4.90. The van der Waals surface area contributed by atoms with Crippen molar-refractivity contribution >= 4 is 34.9 Å². The van der Waals surface area contributed by atoms with Gasteiger partial charge in [-0.25, -0.2) is 9.18 Å². The maximum atomic E-state index is 13.4. The van der Waals surface area contributed by atoms with Crippen LogP contribution in [0.1, 0.15) is 12.0 Å². The minimum atomic E-state index is -0.613. The molecule has 130 valence electrons. The number of aryl methyl sites for hydroxylation is 1. The quantitative estimate of drug-likeness (QED) is 0.875. The van der Waals surface area contributed by atoms with E-state index in [0.717, 1.165) is 0 Å². The van der Waals surface area contributed by atoms with Gasteiger partial charge in [-0.2, -0.15) is 0 Å². The van der Waals surface area contributed by atoms with E-state index in [1.165, 1.54) is 6.07 Å². The largest absolute Gasteiger partial charge is 0.326 e. The molecule has 0 unspecified atom stereocenters. The van der Waals surface area contributed by atoms with Crippen molar-refractivity contribution in [3.05, 3.63) is 58.9 Å². The van der Waals surface area contributed by atoms with Crippen molar-refractivity contribution in [2.45, 2.75) is 19.4 Å². The highest BCUT2D eigenvalue weighted by atomic mass is 35.5. The monoisotopic (exact) mass is 361 g/mol. The van der Waals surface area contributed by atoms with Crippen LogP contribution >= 0.6 is 11.6 Å². The molecule has 0 aliphatic carbocycles. The molecule has 2 N–H and O–H groups in total. The first-order valence-corrected chi connectivity index (χ1v) is 8.22. The van der Waals surface area contributed by atoms with E-state index in [-0.39, 0.29) is 11.7 Å². The number of carbonyl (C=O) groups excluding carboxylic acids is 2. The standard InChI is InChI=1S/C18H17ClFN3O2/c1-11-10-14(6-7-15(11)20)23-9-8-16(17(23)24)22-18(25)21-13-4-2-12(19)3-5-13/h2-7,10,16H,8-9H2,1H3,(H2,21,22,25)/t16-/m1/s1. The molecule has 1 aliphatic rings. The molecule has 25 heavy (non-hydrogen) atoms. The van der Waals surface area contributed by atoms with Crippen LogP contribution in [0.4, 0.5) is 20.6 Å². The highest BCUT2D eigenvalue weighted by Gasteiger charge is 2.33. The van der Waals surface area contributed by atoms with Gasteiger partial charge in [-0.15, -0.1) is 0 Å². The van der Waals surface area contributed by atoms with Gasteiger partial charge in [0.15, 0.2) is 0 Å². The van der Waals surface area contributed by atoms with E-state index in [2.05, 4.69) is 10.6 Å². The predicted octanol–water partition coefficient (Wildman–Crippen LogP) is 3.71. The molecule has 2 aromatic rings. The Hall–Kier alpha value is -2.60. The van der Waals surface area contributed by atoms with Crippen LogP contribution in [0.3, 0.4) is 0 Å². The molecule has 0 radical (unpaired) electrons. The van der Waals surface area contributed by atoms with Crippen LogP contribution in [0.2, 0.25) is 5.02 Å². The van der Waals surface area contributed by atoms with E-state index in [1.54, 1.807) is 48.2 Å². The third kappa shape index (κ3) is 3.91. The molecule has 3 rings (SSSR count). The maximum absolute atomic E-state index is 13.4. The van der Waals surface area contributed by atoms with Crippen molar-refractivity contribution in [3.8, 4) is 0 Å². The van der Waals surface area contributed by atoms with Crippen molar-refractivity contribution in [2.75, 3.05) is 16.8 Å². The van der Waals surface area contributed by atoms with Gasteiger partial charge in [-0.05, 0) is 61.4 Å². The normalized spacial score (nSPS) is 16.8. The summed E-state index contributed by atoms with van der Waals surface area (Å²) in [6, 6.07) is 10.1. The Morgan fingerprint density at radius 2 is 1.96 bits per heavy atom. The summed E-state index contributed by atoms with van der Waals surface area (Å²) >= 11 is 5.80. The summed E-state index contributed by atoms with van der Waals surface area (Å²) in [6.07, 6.45) is 0.489. The molecule has 3 amide bonds. The Bertz CT molecular complexity index is 810. The zero-order valence-electron chi connectivity index (χ0n) is 13.6. The Morgan fingerprint density at radius 1 is 1.24 bits per heavy atom. The van der Waals surface area contributed by atoms with Gasteiger partial charge in [0.2, 0.25) is 5.91 Å². The first-order valence-electron chi connectivity index (χ1n) is 7.84. The van der Waals surface area contributed by atoms with Gasteiger partial charge in [0.25, 0.3) is 0 Å². The lowest BCUT2D eigenvalue weighted by atomic mass is 10.2. The summed E-state index contributed by atoms with van der Waals surface area (Å²) in [5.74, 6) is -0.523. The topological polar surface area (TPSA) is 61.4 Å². The average molecular weight is 362 g/mol. The first-order chi connectivity index (χ1) is 11.9. The van der Waals surface area contributed by atoms with Crippen LogP contribution in [0.25, 0.3) is 0 Å². The molecule has 0 bridgehead atoms. The van der Waals surface area contributed by atoms with Gasteiger partial charge in [0.1, 0.15) is 11.9 Å². The zero-order chi connectivity index (χ0) is 18.0. The summed E-state index contributed by atoms with van der Waals surface area (Å²) in [5, 5.41) is 5.90. The van der Waals surface area contributed by atoms with Crippen molar-refractivity contribution in [1.82, 2.24) is 5.32 Å². The van der Waals surface area contributed by atoms with E-state index in [4.69, 9.17) is 11.6 Å². The van der Waals surface area contributed by atoms with Gasteiger partial charge in [0.05, 0.1) is 0 Å². The summed E-state index contributed by atoms with van der Waals surface area (Å²) in [4.78, 5) is 26.1. The van der Waals surface area contributed by atoms with Crippen LogP contribution in [-0.4, -0.2) is 24.5 Å². The van der Waals surface area contributed by atoms with Crippen LogP contribution in [0.5, 0.6) is 0 Å². The molecular weight excluding hydrogens is 345 g/mol. The fourth-order valence-corrected chi connectivity index (χ4v) is 2.85. The number of nitrogens with one attached hydrogen (secondary N) is 2. The van der Waals surface area contributed by atoms with E-state index < -0.39 is 12.1 Å². The van der Waals surface area contributed by atoms with Crippen LogP contribution in [0.15, 0.2) is 42.5 Å². The van der Waals surface area contributed by atoms with Crippen LogP contribution in [-0.2, 0) is 4.79 Å². The van der Waals surface area contributed by atoms with Crippen molar-refractivity contribution in [2.24, 2.45) is 0 Å². The maximum Gasteiger partial charge on any atom is 0.319 e. The third-order valence-electron chi connectivity index (χ3n) is 4.07. The Labute approximate surface area is 149 Å². The fourth-order valence-electron chi connectivity index (χ4n) is 2.73. The van der Waals surface area contributed by atoms with E-state index in [9.17, 15) is 14.0 Å². The summed E-state index contributed by atoms with van der Waals surface area (Å²) in [7, 11) is 0. The highest BCUT2D eigenvalue weighted by Crippen LogP contribution is 2.24. The van der Waals surface area contributed by atoms with Crippen molar-refractivity contribution in [1.29, 1.82) is 0 Å². The molecule has 1 aliphatic heterocycles. The minimum absolute atomic E-state index is 0.211. The number of rotatable bonds is 3. The Morgan fingerprint density at radius 3 is 2.64 bits per heavy atom. The van der Waals surface area contributed by atoms with E-state index >= 15 is 0 Å². The fraction of sp³-hybridized carbons (Fsp3) is 0.222. The second kappa shape index (κ2) is 7.11. The number of halogens is 2. The van der Waals surface area contributed by atoms with Crippen molar-refractivity contribution in [3.63, 3.8) is 0 Å². The molecule has 7 heteroatoms. The average Bonchev–Trinajstić information content (AvgIpc) is 2.93. The number of urea groups is 1. The lowest BCUT2D eigenvalue weighted by molar-refractivity contribution is -0.118. The molecule has 1 saturated heterocycles. The number of benzene rings is 2. The molecule has 5 nitrogen and oxygen atoms in total. The number of carbonyl (C=O) groups is 2. The Balaban J connectivity index is 1.62. The smallest absolute Gasteiger partial charge is 0.319 e. The molecule has 1 atom stereocenters. The number of hydrogen-bond donors (Lipinski definition) is 2. The third-order valence-corrected chi connectivity index (χ3v) is 4.32. The number of hydrogen-bond acceptors (Lipinski definition) is 2. The van der Waals surface area contributed by atoms with Gasteiger partial charge >= 0.3 is 6.03 Å². The van der Waals surface area contributed by atoms with Crippen molar-refractivity contribution < 1.29 is 14.0 Å². The lowest BCUT2D eigenvalue weighted by Gasteiger charge is -2.18. The number of anilines is 2. The van der Waals surface area contributed by atoms with Gasteiger partial charge in [-0.3, -0.25) is 4.79 Å². The summed E-state index contributed by atoms with van der Waals surface area (Å²) in [6.45, 7) is 2.12. The molecule has 0 saturated carbocycles. The first kappa shape index (κ1) is 17.2. The summed E-state index contributed by atoms with van der Waals surface area (Å²) < 4.78 is 13.4. The highest BCUT2D eigenvalue weighted by molar-refractivity contribution is 6.30. The predicted molar refractivity (Wildman–Crippen MR) is 95.5 cm³/mol. The van der Waals surface area contributed by atoms with E-state index in [1.807, 2.05) is 0 Å². The minimum Gasteiger partial charge on any atom is -0.326 e. The van der Waals surface area contributed by atoms with E-state index in [0.29, 0.717) is 34.9 Å². The van der Waals surface area contributed by atoms with Crippen LogP contribution < -0.4 is 15.5 Å². The van der Waals surface area contributed by atoms with Gasteiger partial charge in [-0.1, -0.05) is 11.6 Å². The molecule has 1 heterocycles. The van der Waals surface area contributed by atoms with Crippen LogP contribution in [0, 0.1) is 12.7 Å². The SMILES string of the molecule is Cc1cc(N2CC[C@@H](NC(=O)Nc3ccc(Cl)cc3)C2=O)ccc1F.